The summed E-state index contributed by atoms with van der Waals surface area (Å²) in [6.45, 7) is 5.55. The largest absolute Gasteiger partial charge is 0.482 e. The Morgan fingerprint density at radius 2 is 1.74 bits per heavy atom. The molecule has 2 aliphatic heterocycles. The number of piperidine rings is 1. The first-order valence-corrected chi connectivity index (χ1v) is 11.6. The maximum absolute atomic E-state index is 12.9. The minimum absolute atomic E-state index is 0.0188. The number of benzene rings is 2. The van der Waals surface area contributed by atoms with Gasteiger partial charge in [-0.1, -0.05) is 12.1 Å². The van der Waals surface area contributed by atoms with Gasteiger partial charge in [0.2, 0.25) is 0 Å². The summed E-state index contributed by atoms with van der Waals surface area (Å²) in [5, 5.41) is 0. The standard InChI is InChI=1S/C26H29F2N3O3/c1-3-30(4-2)24(32)18-7-5-17(6-8-18)21-16-26(34-22-10-9-19(29)15-20(21)22)11-13-31(14-12-26)25(33)23(27)28/h5-10,15-16,23H,3-4,11-14,29H2,1-2H3. The molecule has 1 spiro atoms. The summed E-state index contributed by atoms with van der Waals surface area (Å²) in [6.07, 6.45) is -0.192. The first-order chi connectivity index (χ1) is 16.3. The molecule has 0 saturated carbocycles. The molecule has 0 radical (unpaired) electrons. The number of rotatable bonds is 5. The molecule has 2 N–H and O–H groups in total. The lowest BCUT2D eigenvalue weighted by molar-refractivity contribution is -0.145. The predicted molar refractivity (Wildman–Crippen MR) is 127 cm³/mol. The summed E-state index contributed by atoms with van der Waals surface area (Å²) in [5.74, 6) is -0.505. The van der Waals surface area contributed by atoms with Crippen LogP contribution in [-0.4, -0.2) is 59.8 Å². The molecule has 0 aromatic heterocycles. The SMILES string of the molecule is CCN(CC)C(=O)c1ccc(C2=CC3(CCN(C(=O)C(F)F)CC3)Oc3ccc(N)cc32)cc1. The number of likely N-dealkylation sites (tertiary alicyclic amines) is 1. The Balaban J connectivity index is 1.67. The number of ether oxygens (including phenoxy) is 1. The Hall–Kier alpha value is -3.42. The molecule has 1 fully saturated rings. The average Bonchev–Trinajstić information content (AvgIpc) is 2.85. The molecule has 0 aliphatic carbocycles. The first kappa shape index (κ1) is 23.7. The first-order valence-electron chi connectivity index (χ1n) is 11.6. The normalized spacial score (nSPS) is 16.6. The van der Waals surface area contributed by atoms with E-state index in [0.717, 1.165) is 16.7 Å². The lowest BCUT2D eigenvalue weighted by atomic mass is 9.82. The number of nitrogens with two attached hydrogens (primary N) is 1. The van der Waals surface area contributed by atoms with Gasteiger partial charge in [0.05, 0.1) is 0 Å². The van der Waals surface area contributed by atoms with E-state index in [2.05, 4.69) is 0 Å². The van der Waals surface area contributed by atoms with Crippen molar-refractivity contribution >= 4 is 23.1 Å². The van der Waals surface area contributed by atoms with Crippen LogP contribution in [0.1, 0.15) is 48.2 Å². The summed E-state index contributed by atoms with van der Waals surface area (Å²) < 4.78 is 32.1. The summed E-state index contributed by atoms with van der Waals surface area (Å²) >= 11 is 0. The summed E-state index contributed by atoms with van der Waals surface area (Å²) in [5.41, 5.74) is 9.18. The van der Waals surface area contributed by atoms with Crippen LogP contribution in [0.2, 0.25) is 0 Å². The Morgan fingerprint density at radius 3 is 2.32 bits per heavy atom. The number of carbonyl (C=O) groups excluding carboxylic acids is 2. The molecule has 34 heavy (non-hydrogen) atoms. The second-order valence-electron chi connectivity index (χ2n) is 8.66. The maximum atomic E-state index is 12.9. The van der Waals surface area contributed by atoms with E-state index in [-0.39, 0.29) is 19.0 Å². The molecule has 0 unspecified atom stereocenters. The highest BCUT2D eigenvalue weighted by molar-refractivity contribution is 5.95. The third-order valence-electron chi connectivity index (χ3n) is 6.62. The van der Waals surface area contributed by atoms with E-state index in [1.807, 2.05) is 56.3 Å². The molecular weight excluding hydrogens is 440 g/mol. The highest BCUT2D eigenvalue weighted by Gasteiger charge is 2.41. The van der Waals surface area contributed by atoms with Crippen LogP contribution in [0.15, 0.2) is 48.5 Å². The Labute approximate surface area is 198 Å². The number of amides is 2. The number of carbonyl (C=O) groups is 2. The van der Waals surface area contributed by atoms with Crippen molar-refractivity contribution in [3.63, 3.8) is 0 Å². The van der Waals surface area contributed by atoms with Crippen molar-refractivity contribution in [1.29, 1.82) is 0 Å². The third-order valence-corrected chi connectivity index (χ3v) is 6.62. The van der Waals surface area contributed by atoms with Crippen molar-refractivity contribution in [2.75, 3.05) is 31.9 Å². The molecule has 8 heteroatoms. The maximum Gasteiger partial charge on any atom is 0.315 e. The fourth-order valence-corrected chi connectivity index (χ4v) is 4.65. The fraction of sp³-hybridized carbons (Fsp3) is 0.385. The van der Waals surface area contributed by atoms with Gasteiger partial charge in [-0.25, -0.2) is 0 Å². The Kier molecular flexibility index (Phi) is 6.59. The number of hydrogen-bond acceptors (Lipinski definition) is 4. The zero-order valence-electron chi connectivity index (χ0n) is 19.4. The predicted octanol–water partition coefficient (Wildman–Crippen LogP) is 4.20. The van der Waals surface area contributed by atoms with Gasteiger partial charge in [0.25, 0.3) is 11.8 Å². The lowest BCUT2D eigenvalue weighted by Gasteiger charge is -2.43. The van der Waals surface area contributed by atoms with Crippen LogP contribution < -0.4 is 10.5 Å². The quantitative estimate of drug-likeness (QED) is 0.666. The van der Waals surface area contributed by atoms with E-state index in [9.17, 15) is 18.4 Å². The minimum Gasteiger partial charge on any atom is -0.482 e. The average molecular weight is 470 g/mol. The second kappa shape index (κ2) is 9.44. The van der Waals surface area contributed by atoms with Gasteiger partial charge >= 0.3 is 6.43 Å². The van der Waals surface area contributed by atoms with E-state index < -0.39 is 17.9 Å². The highest BCUT2D eigenvalue weighted by Crippen LogP contribution is 2.44. The van der Waals surface area contributed by atoms with Crippen molar-refractivity contribution in [2.24, 2.45) is 0 Å². The third kappa shape index (κ3) is 4.49. The number of anilines is 1. The fourth-order valence-electron chi connectivity index (χ4n) is 4.65. The van der Waals surface area contributed by atoms with Crippen molar-refractivity contribution in [2.45, 2.75) is 38.7 Å². The van der Waals surface area contributed by atoms with Gasteiger partial charge in [-0.2, -0.15) is 8.78 Å². The Bertz CT molecular complexity index is 1100. The van der Waals surface area contributed by atoms with Crippen molar-refractivity contribution in [3.05, 3.63) is 65.2 Å². The van der Waals surface area contributed by atoms with Crippen LogP contribution in [0.4, 0.5) is 14.5 Å². The molecule has 0 bridgehead atoms. The molecule has 6 nitrogen and oxygen atoms in total. The van der Waals surface area contributed by atoms with Crippen molar-refractivity contribution in [1.82, 2.24) is 9.80 Å². The topological polar surface area (TPSA) is 75.9 Å². The van der Waals surface area contributed by atoms with Crippen LogP contribution in [0.3, 0.4) is 0 Å². The van der Waals surface area contributed by atoms with Gasteiger partial charge in [0.1, 0.15) is 11.4 Å². The van der Waals surface area contributed by atoms with Gasteiger partial charge in [-0.3, -0.25) is 9.59 Å². The van der Waals surface area contributed by atoms with Crippen LogP contribution >= 0.6 is 0 Å². The molecule has 1 saturated heterocycles. The number of fused-ring (bicyclic) bond motifs is 1. The van der Waals surface area contributed by atoms with E-state index in [4.69, 9.17) is 10.5 Å². The molecule has 2 aliphatic rings. The molecule has 2 amide bonds. The smallest absolute Gasteiger partial charge is 0.315 e. The van der Waals surface area contributed by atoms with Crippen LogP contribution in [0.25, 0.3) is 5.57 Å². The van der Waals surface area contributed by atoms with Gasteiger partial charge in [0, 0.05) is 55.8 Å². The summed E-state index contributed by atoms with van der Waals surface area (Å²) in [4.78, 5) is 27.4. The van der Waals surface area contributed by atoms with Gasteiger partial charge in [0.15, 0.2) is 0 Å². The molecule has 180 valence electrons. The van der Waals surface area contributed by atoms with E-state index in [1.165, 1.54) is 4.90 Å². The van der Waals surface area contributed by atoms with Crippen molar-refractivity contribution < 1.29 is 23.1 Å². The van der Waals surface area contributed by atoms with Crippen LogP contribution in [0, 0.1) is 0 Å². The minimum atomic E-state index is -3.01. The molecule has 4 rings (SSSR count). The van der Waals surface area contributed by atoms with Crippen molar-refractivity contribution in [3.8, 4) is 5.75 Å². The Morgan fingerprint density at radius 1 is 1.09 bits per heavy atom. The highest BCUT2D eigenvalue weighted by atomic mass is 19.3. The second-order valence-corrected chi connectivity index (χ2v) is 8.66. The zero-order valence-corrected chi connectivity index (χ0v) is 19.4. The number of halogens is 2. The number of nitrogens with zero attached hydrogens (tertiary/aromatic N) is 2. The number of alkyl halides is 2. The molecule has 0 atom stereocenters. The van der Waals surface area contributed by atoms with E-state index in [0.29, 0.717) is 42.9 Å². The number of nitrogen functional groups attached to an aromatic ring is 1. The molecular formula is C26H29F2N3O3. The number of hydrogen-bond donors (Lipinski definition) is 1. The van der Waals surface area contributed by atoms with E-state index in [1.54, 1.807) is 11.0 Å². The van der Waals surface area contributed by atoms with Gasteiger partial charge in [-0.05, 0) is 61.4 Å². The molecule has 2 aromatic carbocycles. The van der Waals surface area contributed by atoms with Gasteiger partial charge < -0.3 is 20.3 Å². The van der Waals surface area contributed by atoms with E-state index >= 15 is 0 Å². The van der Waals surface area contributed by atoms with Crippen LogP contribution in [-0.2, 0) is 4.79 Å². The van der Waals surface area contributed by atoms with Crippen LogP contribution in [0.5, 0.6) is 5.75 Å². The summed E-state index contributed by atoms with van der Waals surface area (Å²) in [7, 11) is 0. The molecule has 2 aromatic rings. The monoisotopic (exact) mass is 469 g/mol. The summed E-state index contributed by atoms with van der Waals surface area (Å²) in [6, 6.07) is 12.9. The zero-order chi connectivity index (χ0) is 24.5. The van der Waals surface area contributed by atoms with Gasteiger partial charge in [-0.15, -0.1) is 0 Å². The lowest BCUT2D eigenvalue weighted by Crippen LogP contribution is -2.51. The molecule has 2 heterocycles.